The Kier molecular flexibility index (Phi) is 6.46. The second-order valence-electron chi connectivity index (χ2n) is 5.21. The van der Waals surface area contributed by atoms with Crippen LogP contribution in [0.1, 0.15) is 24.5 Å². The van der Waals surface area contributed by atoms with E-state index in [4.69, 9.17) is 0 Å². The zero-order valence-electron chi connectivity index (χ0n) is 12.0. The van der Waals surface area contributed by atoms with Gasteiger partial charge in [-0.25, -0.2) is 0 Å². The van der Waals surface area contributed by atoms with Crippen LogP contribution in [0.25, 0.3) is 0 Å². The Morgan fingerprint density at radius 2 is 1.95 bits per heavy atom. The first-order chi connectivity index (χ1) is 9.10. The van der Waals surface area contributed by atoms with Crippen LogP contribution in [0, 0.1) is 0 Å². The van der Waals surface area contributed by atoms with E-state index in [0.29, 0.717) is 19.5 Å². The van der Waals surface area contributed by atoms with E-state index < -0.39 is 6.10 Å². The van der Waals surface area contributed by atoms with E-state index in [2.05, 4.69) is 36.5 Å². The number of aryl methyl sites for hydroxylation is 1. The average molecular weight is 299 g/mol. The number of β-amino-alcohol motifs (C(OH)–C–C–N with tert-alkyl or cyclic N) is 1. The summed E-state index contributed by atoms with van der Waals surface area (Å²) < 4.78 is 0. The molecule has 0 radical (unpaired) electrons. The summed E-state index contributed by atoms with van der Waals surface area (Å²) >= 11 is 0. The second-order valence-corrected chi connectivity index (χ2v) is 5.21. The third-order valence-electron chi connectivity index (χ3n) is 3.63. The highest BCUT2D eigenvalue weighted by Crippen LogP contribution is 2.12. The minimum Gasteiger partial charge on any atom is -0.392 e. The van der Waals surface area contributed by atoms with Crippen molar-refractivity contribution in [3.8, 4) is 0 Å². The lowest BCUT2D eigenvalue weighted by Gasteiger charge is -2.21. The molecule has 0 aromatic heterocycles. The number of carbonyl (C=O) groups is 1. The summed E-state index contributed by atoms with van der Waals surface area (Å²) in [5.41, 5.74) is 2.44. The zero-order valence-corrected chi connectivity index (χ0v) is 12.8. The summed E-state index contributed by atoms with van der Waals surface area (Å²) in [4.78, 5) is 13.9. The summed E-state index contributed by atoms with van der Waals surface area (Å²) in [5, 5.41) is 12.5. The van der Waals surface area contributed by atoms with E-state index in [-0.39, 0.29) is 24.4 Å². The minimum absolute atomic E-state index is 0. The van der Waals surface area contributed by atoms with Crippen molar-refractivity contribution in [2.75, 3.05) is 13.6 Å². The summed E-state index contributed by atoms with van der Waals surface area (Å²) in [5.74, 6) is 0.0520. The number of aliphatic hydroxyl groups excluding tert-OH is 1. The smallest absolute Gasteiger partial charge is 0.239 e. The van der Waals surface area contributed by atoms with Crippen molar-refractivity contribution < 1.29 is 9.90 Å². The number of benzene rings is 1. The van der Waals surface area contributed by atoms with Gasteiger partial charge in [0.25, 0.3) is 0 Å². The first-order valence-corrected chi connectivity index (χ1v) is 6.84. The molecular formula is C15H23ClN2O2. The molecule has 5 heteroatoms. The van der Waals surface area contributed by atoms with Gasteiger partial charge < -0.3 is 15.3 Å². The van der Waals surface area contributed by atoms with Gasteiger partial charge in [-0.05, 0) is 24.0 Å². The SMILES string of the molecule is CCc1ccc(CN(C)C(=O)C2CC(O)CN2)cc1.Cl. The molecule has 1 saturated heterocycles. The number of aliphatic hydroxyl groups is 1. The Balaban J connectivity index is 0.00000200. The molecule has 2 rings (SSSR count). The van der Waals surface area contributed by atoms with Gasteiger partial charge in [0.15, 0.2) is 0 Å². The highest BCUT2D eigenvalue weighted by atomic mass is 35.5. The molecule has 20 heavy (non-hydrogen) atoms. The third-order valence-corrected chi connectivity index (χ3v) is 3.63. The molecule has 0 bridgehead atoms. The maximum absolute atomic E-state index is 12.2. The second kappa shape index (κ2) is 7.62. The maximum atomic E-state index is 12.2. The number of amides is 1. The molecule has 0 aliphatic carbocycles. The van der Waals surface area contributed by atoms with Crippen LogP contribution in [0.4, 0.5) is 0 Å². The molecule has 4 nitrogen and oxygen atoms in total. The third kappa shape index (κ3) is 4.20. The van der Waals surface area contributed by atoms with Gasteiger partial charge in [0.2, 0.25) is 5.91 Å². The van der Waals surface area contributed by atoms with Crippen LogP contribution in [0.3, 0.4) is 0 Å². The molecule has 1 amide bonds. The number of hydrogen-bond donors (Lipinski definition) is 2. The molecule has 0 saturated carbocycles. The largest absolute Gasteiger partial charge is 0.392 e. The van der Waals surface area contributed by atoms with Gasteiger partial charge in [-0.3, -0.25) is 4.79 Å². The molecule has 112 valence electrons. The quantitative estimate of drug-likeness (QED) is 0.882. The fourth-order valence-corrected chi connectivity index (χ4v) is 2.40. The first-order valence-electron chi connectivity index (χ1n) is 6.84. The highest BCUT2D eigenvalue weighted by molar-refractivity contribution is 5.85. The Morgan fingerprint density at radius 1 is 1.35 bits per heavy atom. The average Bonchev–Trinajstić information content (AvgIpc) is 2.85. The van der Waals surface area contributed by atoms with Crippen LogP contribution in [0.15, 0.2) is 24.3 Å². The van der Waals surface area contributed by atoms with Gasteiger partial charge in [-0.2, -0.15) is 0 Å². The Labute approximate surface area is 126 Å². The topological polar surface area (TPSA) is 52.6 Å². The van der Waals surface area contributed by atoms with E-state index in [9.17, 15) is 9.90 Å². The van der Waals surface area contributed by atoms with E-state index in [1.165, 1.54) is 5.56 Å². The van der Waals surface area contributed by atoms with E-state index in [1.54, 1.807) is 4.90 Å². The van der Waals surface area contributed by atoms with Gasteiger partial charge in [0.05, 0.1) is 12.1 Å². The van der Waals surface area contributed by atoms with Crippen LogP contribution in [-0.4, -0.2) is 41.7 Å². The Bertz CT molecular complexity index is 436. The van der Waals surface area contributed by atoms with Crippen LogP contribution in [0.2, 0.25) is 0 Å². The lowest BCUT2D eigenvalue weighted by atomic mass is 10.1. The summed E-state index contributed by atoms with van der Waals surface area (Å²) in [7, 11) is 1.81. The monoisotopic (exact) mass is 298 g/mol. The summed E-state index contributed by atoms with van der Waals surface area (Å²) in [6.45, 7) is 3.24. The predicted molar refractivity (Wildman–Crippen MR) is 82.0 cm³/mol. The van der Waals surface area contributed by atoms with Crippen molar-refractivity contribution in [3.05, 3.63) is 35.4 Å². The van der Waals surface area contributed by atoms with Crippen molar-refractivity contribution >= 4 is 18.3 Å². The number of nitrogens with zero attached hydrogens (tertiary/aromatic N) is 1. The first kappa shape index (κ1) is 17.0. The number of hydrogen-bond acceptors (Lipinski definition) is 3. The molecule has 1 aromatic rings. The lowest BCUT2D eigenvalue weighted by Crippen LogP contribution is -2.41. The molecule has 1 aliphatic rings. The fraction of sp³-hybridized carbons (Fsp3) is 0.533. The molecule has 2 unspecified atom stereocenters. The van der Waals surface area contributed by atoms with E-state index in [0.717, 1.165) is 12.0 Å². The van der Waals surface area contributed by atoms with Gasteiger partial charge >= 0.3 is 0 Å². The predicted octanol–water partition coefficient (Wildman–Crippen LogP) is 1.35. The van der Waals surface area contributed by atoms with Gasteiger partial charge in [0, 0.05) is 20.1 Å². The molecule has 2 N–H and O–H groups in total. The Hall–Kier alpha value is -1.10. The molecule has 2 atom stereocenters. The van der Waals surface area contributed by atoms with Crippen molar-refractivity contribution in [1.82, 2.24) is 10.2 Å². The van der Waals surface area contributed by atoms with Gasteiger partial charge in [-0.1, -0.05) is 31.2 Å². The van der Waals surface area contributed by atoms with Gasteiger partial charge in [0.1, 0.15) is 0 Å². The molecule has 1 heterocycles. The molecule has 0 spiro atoms. The van der Waals surface area contributed by atoms with Gasteiger partial charge in [-0.15, -0.1) is 12.4 Å². The molecule has 1 aromatic carbocycles. The maximum Gasteiger partial charge on any atom is 0.239 e. The highest BCUT2D eigenvalue weighted by Gasteiger charge is 2.29. The molecular weight excluding hydrogens is 276 g/mol. The van der Waals surface area contributed by atoms with Crippen molar-refractivity contribution in [1.29, 1.82) is 0 Å². The summed E-state index contributed by atoms with van der Waals surface area (Å²) in [6, 6.07) is 8.10. The number of likely N-dealkylation sites (N-methyl/N-ethyl adjacent to an activating group) is 1. The zero-order chi connectivity index (χ0) is 13.8. The summed E-state index contributed by atoms with van der Waals surface area (Å²) in [6.07, 6.45) is 1.14. The fourth-order valence-electron chi connectivity index (χ4n) is 2.40. The van der Waals surface area contributed by atoms with E-state index >= 15 is 0 Å². The number of rotatable bonds is 4. The number of carbonyl (C=O) groups excluding carboxylic acids is 1. The van der Waals surface area contributed by atoms with Crippen molar-refractivity contribution in [3.63, 3.8) is 0 Å². The number of halogens is 1. The van der Waals surface area contributed by atoms with Crippen LogP contribution in [-0.2, 0) is 17.8 Å². The van der Waals surface area contributed by atoms with E-state index in [1.807, 2.05) is 7.05 Å². The molecule has 1 aliphatic heterocycles. The normalized spacial score (nSPS) is 21.4. The van der Waals surface area contributed by atoms with Crippen LogP contribution >= 0.6 is 12.4 Å². The number of nitrogens with one attached hydrogen (secondary N) is 1. The van der Waals surface area contributed by atoms with Crippen LogP contribution < -0.4 is 5.32 Å². The van der Waals surface area contributed by atoms with Crippen molar-refractivity contribution in [2.45, 2.75) is 38.5 Å². The van der Waals surface area contributed by atoms with Crippen molar-refractivity contribution in [2.24, 2.45) is 0 Å². The standard InChI is InChI=1S/C15H22N2O2.ClH/c1-3-11-4-6-12(7-5-11)10-17(2)15(19)14-8-13(18)9-16-14;/h4-7,13-14,16,18H,3,8-10H2,1-2H3;1H. The minimum atomic E-state index is -0.397. The molecule has 1 fully saturated rings. The Morgan fingerprint density at radius 3 is 2.45 bits per heavy atom. The lowest BCUT2D eigenvalue weighted by molar-refractivity contribution is -0.132. The van der Waals surface area contributed by atoms with Crippen LogP contribution in [0.5, 0.6) is 0 Å².